The number of carbonyl (C=O) groups is 2. The molecule has 1 rings (SSSR count). The van der Waals surface area contributed by atoms with Crippen LogP contribution < -0.4 is 10.6 Å². The molecule has 188 valence electrons. The van der Waals surface area contributed by atoms with Crippen LogP contribution in [0.4, 0.5) is 0 Å². The minimum absolute atomic E-state index is 0.0137. The second-order valence-electron chi connectivity index (χ2n) is 7.80. The third-order valence-corrected chi connectivity index (χ3v) is 4.79. The topological polar surface area (TPSA) is 71.1 Å². The van der Waals surface area contributed by atoms with E-state index in [-0.39, 0.29) is 11.8 Å². The van der Waals surface area contributed by atoms with Crippen LogP contribution in [0.2, 0.25) is 0 Å². The molecule has 0 aliphatic rings. The molecule has 2 amide bonds. The lowest BCUT2D eigenvalue weighted by atomic mass is 10.2. The maximum absolute atomic E-state index is 11.9. The maximum Gasteiger partial charge on any atom is 0.252 e. The van der Waals surface area contributed by atoms with Gasteiger partial charge in [0.2, 0.25) is 5.91 Å². The van der Waals surface area contributed by atoms with E-state index in [0.717, 1.165) is 38.5 Å². The molecular formula is C30H41N3O2. The van der Waals surface area contributed by atoms with Gasteiger partial charge >= 0.3 is 0 Å². The van der Waals surface area contributed by atoms with Crippen molar-refractivity contribution in [2.45, 2.75) is 58.3 Å². The molecule has 0 aliphatic heterocycles. The number of nitrogens with one attached hydrogen (secondary N) is 2. The number of carbonyl (C=O) groups excluding carboxylic acids is 2. The third kappa shape index (κ3) is 18.6. The van der Waals surface area contributed by atoms with Crippen LogP contribution in [0.3, 0.4) is 0 Å². The highest BCUT2D eigenvalue weighted by molar-refractivity contribution is 5.93. The molecule has 2 N–H and O–H groups in total. The van der Waals surface area contributed by atoms with Gasteiger partial charge in [-0.25, -0.2) is 0 Å². The average Bonchev–Trinajstić information content (AvgIpc) is 2.88. The second kappa shape index (κ2) is 22.3. The van der Waals surface area contributed by atoms with Crippen LogP contribution in [0, 0.1) is 0 Å². The van der Waals surface area contributed by atoms with Gasteiger partial charge in [0.05, 0.1) is 5.56 Å². The number of hydrogen-bond acceptors (Lipinski definition) is 3. The molecule has 0 saturated heterocycles. The first-order valence-corrected chi connectivity index (χ1v) is 12.6. The van der Waals surface area contributed by atoms with E-state index in [9.17, 15) is 9.59 Å². The van der Waals surface area contributed by atoms with Crippen molar-refractivity contribution in [2.24, 2.45) is 0 Å². The third-order valence-electron chi connectivity index (χ3n) is 4.79. The Morgan fingerprint density at radius 3 is 1.77 bits per heavy atom. The quantitative estimate of drug-likeness (QED) is 0.190. The molecule has 0 bridgehead atoms. The Hall–Kier alpha value is -3.47. The van der Waals surface area contributed by atoms with Gasteiger partial charge in [0.25, 0.3) is 5.91 Å². The van der Waals surface area contributed by atoms with Crippen LogP contribution >= 0.6 is 0 Å². The summed E-state index contributed by atoms with van der Waals surface area (Å²) >= 11 is 0. The highest BCUT2D eigenvalue weighted by atomic mass is 16.2. The number of rotatable bonds is 18. The Labute approximate surface area is 211 Å². The van der Waals surface area contributed by atoms with Gasteiger partial charge in [-0.3, -0.25) is 14.6 Å². The molecule has 0 atom stereocenters. The smallest absolute Gasteiger partial charge is 0.252 e. The van der Waals surface area contributed by atoms with Gasteiger partial charge in [-0.15, -0.1) is 0 Å². The summed E-state index contributed by atoms with van der Waals surface area (Å²) in [7, 11) is 0. The summed E-state index contributed by atoms with van der Waals surface area (Å²) in [6.45, 7) is 2.95. The summed E-state index contributed by atoms with van der Waals surface area (Å²) in [6, 6.07) is 3.42. The highest BCUT2D eigenvalue weighted by Crippen LogP contribution is 1.98. The summed E-state index contributed by atoms with van der Waals surface area (Å²) < 4.78 is 0. The number of aromatic nitrogens is 1. The monoisotopic (exact) mass is 475 g/mol. The van der Waals surface area contributed by atoms with Crippen LogP contribution in [-0.2, 0) is 4.79 Å². The zero-order valence-electron chi connectivity index (χ0n) is 21.1. The second-order valence-corrected chi connectivity index (χ2v) is 7.80. The molecular weight excluding hydrogens is 434 g/mol. The molecule has 0 aromatic carbocycles. The number of allylic oxidation sites excluding steroid dienone is 12. The van der Waals surface area contributed by atoms with Crippen LogP contribution in [0.25, 0.3) is 0 Å². The molecule has 0 aliphatic carbocycles. The van der Waals surface area contributed by atoms with E-state index >= 15 is 0 Å². The van der Waals surface area contributed by atoms with Crippen LogP contribution in [-0.4, -0.2) is 29.9 Å². The molecule has 1 heterocycles. The minimum Gasteiger partial charge on any atom is -0.354 e. The predicted octanol–water partition coefficient (Wildman–Crippen LogP) is 6.41. The lowest BCUT2D eigenvalue weighted by Gasteiger charge is -2.06. The van der Waals surface area contributed by atoms with Crippen LogP contribution in [0.5, 0.6) is 0 Å². The van der Waals surface area contributed by atoms with E-state index in [1.54, 1.807) is 18.3 Å². The number of amides is 2. The lowest BCUT2D eigenvalue weighted by molar-refractivity contribution is -0.120. The fraction of sp³-hybridized carbons (Fsp3) is 0.367. The summed E-state index contributed by atoms with van der Waals surface area (Å²) in [5, 5.41) is 5.57. The molecule has 0 fully saturated rings. The first-order valence-electron chi connectivity index (χ1n) is 12.6. The van der Waals surface area contributed by atoms with Crippen LogP contribution in [0.1, 0.15) is 68.6 Å². The molecule has 1 aromatic heterocycles. The summed E-state index contributed by atoms with van der Waals surface area (Å²) in [4.78, 5) is 27.6. The van der Waals surface area contributed by atoms with Gasteiger partial charge in [-0.1, -0.05) is 79.8 Å². The van der Waals surface area contributed by atoms with Gasteiger partial charge in [0, 0.05) is 31.9 Å². The van der Waals surface area contributed by atoms with E-state index in [0.29, 0.717) is 31.5 Å². The van der Waals surface area contributed by atoms with Crippen LogP contribution in [0.15, 0.2) is 97.4 Å². The summed E-state index contributed by atoms with van der Waals surface area (Å²) in [6.07, 6.45) is 36.1. The number of pyridine rings is 1. The van der Waals surface area contributed by atoms with Gasteiger partial charge in [0.15, 0.2) is 0 Å². The highest BCUT2D eigenvalue weighted by Gasteiger charge is 2.04. The SMILES string of the molecule is CCC=CCC=CCC=CCC=CCC=CCC=CCCC(=O)NCCNC(=O)c1cccnc1. The van der Waals surface area contributed by atoms with Crippen molar-refractivity contribution in [2.75, 3.05) is 13.1 Å². The zero-order valence-corrected chi connectivity index (χ0v) is 21.1. The fourth-order valence-electron chi connectivity index (χ4n) is 2.92. The number of hydrogen-bond donors (Lipinski definition) is 2. The Morgan fingerprint density at radius 2 is 1.26 bits per heavy atom. The molecule has 0 saturated carbocycles. The van der Waals surface area contributed by atoms with Crippen molar-refractivity contribution >= 4 is 11.8 Å². The Morgan fingerprint density at radius 1 is 0.743 bits per heavy atom. The Kier molecular flexibility index (Phi) is 18.9. The number of nitrogens with zero attached hydrogens (tertiary/aromatic N) is 1. The van der Waals surface area contributed by atoms with Gasteiger partial charge in [-0.2, -0.15) is 0 Å². The maximum atomic E-state index is 11.9. The van der Waals surface area contributed by atoms with Crippen molar-refractivity contribution in [3.05, 3.63) is 103 Å². The first kappa shape index (κ1) is 29.6. The van der Waals surface area contributed by atoms with Gasteiger partial charge in [-0.05, 0) is 57.1 Å². The summed E-state index contributed by atoms with van der Waals surface area (Å²) in [5.74, 6) is -0.203. The molecule has 0 radical (unpaired) electrons. The molecule has 35 heavy (non-hydrogen) atoms. The van der Waals surface area contributed by atoms with Gasteiger partial charge in [0.1, 0.15) is 0 Å². The molecule has 0 unspecified atom stereocenters. The normalized spacial score (nSPS) is 12.3. The van der Waals surface area contributed by atoms with E-state index in [1.165, 1.54) is 6.20 Å². The molecule has 0 spiro atoms. The molecule has 1 aromatic rings. The standard InChI is InChI=1S/C30H41N3O2/c1-2-3-4-5-6-7-8-9-10-11-12-13-14-15-16-17-18-19-20-23-29(34)32-25-26-33-30(35)28-22-21-24-31-27-28/h3-4,6-7,9-10,12-13,15-16,18-19,21-22,24,27H,2,5,8,11,14,17,20,23,25-26H2,1H3,(H,32,34)(H,33,35). The van der Waals surface area contributed by atoms with Gasteiger partial charge < -0.3 is 10.6 Å². The largest absolute Gasteiger partial charge is 0.354 e. The van der Waals surface area contributed by atoms with Crippen molar-refractivity contribution in [1.29, 1.82) is 0 Å². The van der Waals surface area contributed by atoms with Crippen molar-refractivity contribution in [3.63, 3.8) is 0 Å². The van der Waals surface area contributed by atoms with E-state index < -0.39 is 0 Å². The van der Waals surface area contributed by atoms with Crippen molar-refractivity contribution in [3.8, 4) is 0 Å². The summed E-state index contributed by atoms with van der Waals surface area (Å²) in [5.41, 5.74) is 0.511. The Balaban J connectivity index is 1.96. The van der Waals surface area contributed by atoms with E-state index in [2.05, 4.69) is 89.4 Å². The zero-order chi connectivity index (χ0) is 25.2. The minimum atomic E-state index is -0.190. The van der Waals surface area contributed by atoms with Crippen molar-refractivity contribution < 1.29 is 9.59 Å². The average molecular weight is 476 g/mol. The Bertz CT molecular complexity index is 865. The first-order chi connectivity index (χ1) is 17.2. The lowest BCUT2D eigenvalue weighted by Crippen LogP contribution is -2.34. The van der Waals surface area contributed by atoms with Crippen molar-refractivity contribution in [1.82, 2.24) is 15.6 Å². The van der Waals surface area contributed by atoms with E-state index in [4.69, 9.17) is 0 Å². The molecule has 5 nitrogen and oxygen atoms in total. The fourth-order valence-corrected chi connectivity index (χ4v) is 2.92. The predicted molar refractivity (Wildman–Crippen MR) is 147 cm³/mol. The van der Waals surface area contributed by atoms with E-state index in [1.807, 2.05) is 6.08 Å². The molecule has 5 heteroatoms.